The number of fused-ring (bicyclic) bond motifs is 5. The summed E-state index contributed by atoms with van der Waals surface area (Å²) in [5.74, 6) is 3.27. The van der Waals surface area contributed by atoms with Crippen LogP contribution in [0.2, 0.25) is 0 Å². The number of anilines is 3. The molecule has 0 bridgehead atoms. The van der Waals surface area contributed by atoms with Crippen molar-refractivity contribution < 1.29 is 9.47 Å². The van der Waals surface area contributed by atoms with E-state index in [-0.39, 0.29) is 0 Å². The highest BCUT2D eigenvalue weighted by atomic mass is 16.5. The molecule has 174 valence electrons. The smallest absolute Gasteiger partial charge is 0.155 e. The van der Waals surface area contributed by atoms with Crippen LogP contribution in [0.5, 0.6) is 23.0 Å². The molecule has 8 rings (SSSR count). The van der Waals surface area contributed by atoms with Gasteiger partial charge in [-0.1, -0.05) is 91.0 Å². The number of rotatable bonds is 2. The Kier molecular flexibility index (Phi) is 4.23. The molecule has 0 amide bonds. The third-order valence-corrected chi connectivity index (χ3v) is 7.25. The maximum Gasteiger partial charge on any atom is 0.155 e. The van der Waals surface area contributed by atoms with E-state index in [4.69, 9.17) is 9.47 Å². The summed E-state index contributed by atoms with van der Waals surface area (Å²) in [7, 11) is 0. The van der Waals surface area contributed by atoms with Gasteiger partial charge in [-0.25, -0.2) is 0 Å². The van der Waals surface area contributed by atoms with Crippen molar-refractivity contribution in [3.05, 3.63) is 127 Å². The van der Waals surface area contributed by atoms with Crippen molar-refractivity contribution in [2.24, 2.45) is 0 Å². The molecule has 0 saturated carbocycles. The molecule has 3 nitrogen and oxygen atoms in total. The topological polar surface area (TPSA) is 21.7 Å². The van der Waals surface area contributed by atoms with Crippen LogP contribution in [0.25, 0.3) is 33.0 Å². The van der Waals surface area contributed by atoms with E-state index in [9.17, 15) is 0 Å². The summed E-state index contributed by atoms with van der Waals surface area (Å²) in [4.78, 5) is 2.25. The van der Waals surface area contributed by atoms with E-state index in [2.05, 4.69) is 95.9 Å². The molecular weight excluding hydrogens is 454 g/mol. The monoisotopic (exact) mass is 475 g/mol. The molecule has 0 saturated heterocycles. The van der Waals surface area contributed by atoms with E-state index in [1.54, 1.807) is 0 Å². The summed E-state index contributed by atoms with van der Waals surface area (Å²) in [6.07, 6.45) is 0. The van der Waals surface area contributed by atoms with Crippen molar-refractivity contribution in [1.82, 2.24) is 0 Å². The van der Waals surface area contributed by atoms with Crippen LogP contribution in [0.3, 0.4) is 0 Å². The van der Waals surface area contributed by atoms with Gasteiger partial charge in [0.05, 0.1) is 11.4 Å². The Balaban J connectivity index is 1.20. The Bertz CT molecular complexity index is 1830. The highest BCUT2D eigenvalue weighted by Gasteiger charge is 2.34. The molecule has 6 aromatic carbocycles. The molecule has 6 aromatic rings. The zero-order chi connectivity index (χ0) is 24.3. The van der Waals surface area contributed by atoms with Gasteiger partial charge in [0, 0.05) is 0 Å². The maximum absolute atomic E-state index is 6.42. The van der Waals surface area contributed by atoms with Crippen molar-refractivity contribution >= 4 is 27.8 Å². The van der Waals surface area contributed by atoms with Gasteiger partial charge < -0.3 is 9.47 Å². The summed E-state index contributed by atoms with van der Waals surface area (Å²) >= 11 is 0. The van der Waals surface area contributed by atoms with Crippen molar-refractivity contribution in [3.63, 3.8) is 0 Å². The fourth-order valence-electron chi connectivity index (χ4n) is 5.50. The second-order valence-electron chi connectivity index (χ2n) is 9.40. The molecular formula is C34H21NO2. The van der Waals surface area contributed by atoms with Crippen molar-refractivity contribution in [2.45, 2.75) is 0 Å². The van der Waals surface area contributed by atoms with Gasteiger partial charge in [-0.3, -0.25) is 4.90 Å². The lowest BCUT2D eigenvalue weighted by Gasteiger charge is -2.37. The van der Waals surface area contributed by atoms with Gasteiger partial charge in [-0.2, -0.15) is 0 Å². The number of nitrogens with zero attached hydrogens (tertiary/aromatic N) is 1. The zero-order valence-electron chi connectivity index (χ0n) is 19.9. The van der Waals surface area contributed by atoms with Crippen molar-refractivity contribution in [3.8, 4) is 45.3 Å². The molecule has 0 unspecified atom stereocenters. The first kappa shape index (κ1) is 20.2. The number of hydrogen-bond acceptors (Lipinski definition) is 3. The van der Waals surface area contributed by atoms with Crippen molar-refractivity contribution in [2.75, 3.05) is 4.90 Å². The molecule has 0 spiro atoms. The number of hydrogen-bond donors (Lipinski definition) is 0. The average Bonchev–Trinajstić information content (AvgIpc) is 2.96. The van der Waals surface area contributed by atoms with Gasteiger partial charge in [0.2, 0.25) is 0 Å². The summed E-state index contributed by atoms with van der Waals surface area (Å²) in [5, 5.41) is 2.52. The average molecular weight is 476 g/mol. The lowest BCUT2D eigenvalue weighted by molar-refractivity contribution is 0.446. The van der Waals surface area contributed by atoms with Crippen molar-refractivity contribution in [1.29, 1.82) is 0 Å². The lowest BCUT2D eigenvalue weighted by atomic mass is 9.96. The molecule has 0 N–H and O–H groups in total. The van der Waals surface area contributed by atoms with Crippen LogP contribution in [0.4, 0.5) is 17.1 Å². The summed E-state index contributed by atoms with van der Waals surface area (Å²) in [6, 6.07) is 44.3. The Morgan fingerprint density at radius 2 is 1.05 bits per heavy atom. The van der Waals surface area contributed by atoms with Crippen LogP contribution >= 0.6 is 0 Å². The normalized spacial score (nSPS) is 12.7. The van der Waals surface area contributed by atoms with Crippen LogP contribution in [-0.4, -0.2) is 0 Å². The SMILES string of the molecule is c1ccc2c(c1)Oc1cccc3c1N2c1ccc(-c2ccc(-c4cccc5ccccc45)cc2)cc1O3. The van der Waals surface area contributed by atoms with Gasteiger partial charge in [0.25, 0.3) is 0 Å². The minimum absolute atomic E-state index is 0.794. The molecule has 0 atom stereocenters. The van der Waals surface area contributed by atoms with E-state index in [1.165, 1.54) is 21.9 Å². The summed E-state index contributed by atoms with van der Waals surface area (Å²) in [6.45, 7) is 0. The number of para-hydroxylation sites is 3. The molecule has 0 radical (unpaired) electrons. The predicted octanol–water partition coefficient (Wildman–Crippen LogP) is 9.85. The molecule has 37 heavy (non-hydrogen) atoms. The van der Waals surface area contributed by atoms with E-state index in [0.29, 0.717) is 0 Å². The highest BCUT2D eigenvalue weighted by molar-refractivity contribution is 5.97. The first-order chi connectivity index (χ1) is 18.3. The number of ether oxygens (including phenoxy) is 2. The third kappa shape index (κ3) is 3.08. The molecule has 0 aliphatic carbocycles. The van der Waals surface area contributed by atoms with Gasteiger partial charge in [-0.05, 0) is 69.4 Å². The molecule has 2 aliphatic rings. The first-order valence-corrected chi connectivity index (χ1v) is 12.4. The number of benzene rings is 6. The van der Waals surface area contributed by atoms with Crippen LogP contribution in [0.15, 0.2) is 127 Å². The van der Waals surface area contributed by atoms with Gasteiger partial charge in [0.15, 0.2) is 23.0 Å². The molecule has 2 aliphatic heterocycles. The van der Waals surface area contributed by atoms with Gasteiger partial charge in [0.1, 0.15) is 5.69 Å². The van der Waals surface area contributed by atoms with Crippen LogP contribution in [-0.2, 0) is 0 Å². The second-order valence-corrected chi connectivity index (χ2v) is 9.40. The fraction of sp³-hybridized carbons (Fsp3) is 0. The first-order valence-electron chi connectivity index (χ1n) is 12.4. The summed E-state index contributed by atoms with van der Waals surface area (Å²) < 4.78 is 12.6. The Morgan fingerprint density at radius 1 is 0.432 bits per heavy atom. The van der Waals surface area contributed by atoms with E-state index >= 15 is 0 Å². The fourth-order valence-corrected chi connectivity index (χ4v) is 5.50. The van der Waals surface area contributed by atoms with Gasteiger partial charge in [-0.15, -0.1) is 0 Å². The molecule has 0 fully saturated rings. The standard InChI is InChI=1S/C34H21NO2/c1-2-9-26-23(7-1)8-5-10-27(26)24-17-15-22(16-18-24)25-19-20-29-33(21-25)37-32-14-6-13-31-34(32)35(29)28-11-3-4-12-30(28)36-31/h1-21H. The largest absolute Gasteiger partial charge is 0.453 e. The lowest BCUT2D eigenvalue weighted by Crippen LogP contribution is -2.20. The molecule has 2 heterocycles. The van der Waals surface area contributed by atoms with E-state index in [1.807, 2.05) is 36.4 Å². The second kappa shape index (κ2) is 7.74. The zero-order valence-corrected chi connectivity index (χ0v) is 19.9. The van der Waals surface area contributed by atoms with E-state index < -0.39 is 0 Å². The minimum Gasteiger partial charge on any atom is -0.453 e. The molecule has 3 heteroatoms. The van der Waals surface area contributed by atoms with Crippen LogP contribution in [0.1, 0.15) is 0 Å². The quantitative estimate of drug-likeness (QED) is 0.248. The maximum atomic E-state index is 6.42. The Hall–Kier alpha value is -5.02. The minimum atomic E-state index is 0.794. The van der Waals surface area contributed by atoms with Crippen LogP contribution < -0.4 is 14.4 Å². The Labute approximate surface area is 214 Å². The third-order valence-electron chi connectivity index (χ3n) is 7.25. The van der Waals surface area contributed by atoms with Gasteiger partial charge >= 0.3 is 0 Å². The highest BCUT2D eigenvalue weighted by Crippen LogP contribution is 2.59. The Morgan fingerprint density at radius 3 is 1.95 bits per heavy atom. The van der Waals surface area contributed by atoms with Crippen LogP contribution in [0, 0.1) is 0 Å². The van der Waals surface area contributed by atoms with E-state index in [0.717, 1.165) is 51.2 Å². The predicted molar refractivity (Wildman–Crippen MR) is 150 cm³/mol. The molecule has 0 aromatic heterocycles. The summed E-state index contributed by atoms with van der Waals surface area (Å²) in [5.41, 5.74) is 7.69.